The summed E-state index contributed by atoms with van der Waals surface area (Å²) in [5, 5.41) is 1.77. The lowest BCUT2D eigenvalue weighted by Gasteiger charge is -2.45. The van der Waals surface area contributed by atoms with E-state index < -0.39 is 23.7 Å². The highest BCUT2D eigenvalue weighted by Gasteiger charge is 2.65. The van der Waals surface area contributed by atoms with Crippen LogP contribution >= 0.6 is 0 Å². The monoisotopic (exact) mass is 432 g/mol. The predicted octanol–water partition coefficient (Wildman–Crippen LogP) is 4.62. The van der Waals surface area contributed by atoms with Crippen LogP contribution in [0.2, 0.25) is 0 Å². The van der Waals surface area contributed by atoms with E-state index in [2.05, 4.69) is 13.8 Å². The average molecular weight is 433 g/mol. The second-order valence-corrected chi connectivity index (χ2v) is 8.67. The number of rotatable bonds is 5. The summed E-state index contributed by atoms with van der Waals surface area (Å²) in [7, 11) is 0. The first-order chi connectivity index (χ1) is 15.6. The fraction of sp³-hybridized carbons (Fsp3) is 0.385. The largest absolute Gasteiger partial charge is 0.493 e. The van der Waals surface area contributed by atoms with E-state index >= 15 is 0 Å². The number of imide groups is 1. The molecule has 6 nitrogen and oxygen atoms in total. The van der Waals surface area contributed by atoms with E-state index in [9.17, 15) is 9.59 Å². The number of nitrogens with zero attached hydrogens (tertiary/aromatic N) is 2. The smallest absolute Gasteiger partial charge is 0.266 e. The number of anilines is 2. The number of hydroxylamine groups is 1. The molecule has 5 rings (SSSR count). The number of allylic oxidation sites excluding steroid dienone is 1. The lowest BCUT2D eigenvalue weighted by molar-refractivity contribution is -0.127. The van der Waals surface area contributed by atoms with Crippen LogP contribution in [0.4, 0.5) is 11.4 Å². The third-order valence-corrected chi connectivity index (χ3v) is 7.06. The maximum atomic E-state index is 13.7. The van der Waals surface area contributed by atoms with Gasteiger partial charge in [-0.2, -0.15) is 0 Å². The molecule has 0 saturated carbocycles. The summed E-state index contributed by atoms with van der Waals surface area (Å²) in [6.45, 7) is 4.20. The van der Waals surface area contributed by atoms with Gasteiger partial charge in [0.25, 0.3) is 5.91 Å². The van der Waals surface area contributed by atoms with Gasteiger partial charge in [-0.05, 0) is 55.5 Å². The molecule has 166 valence electrons. The summed E-state index contributed by atoms with van der Waals surface area (Å²) >= 11 is 0. The highest BCUT2D eigenvalue weighted by molar-refractivity contribution is 6.24. The number of amides is 2. The maximum Gasteiger partial charge on any atom is 0.266 e. The first-order valence-electron chi connectivity index (χ1n) is 11.4. The highest BCUT2D eigenvalue weighted by atomic mass is 16.7. The Hall–Kier alpha value is -3.12. The fourth-order valence-electron chi connectivity index (χ4n) is 5.22. The molecule has 32 heavy (non-hydrogen) atoms. The Balaban J connectivity index is 1.58. The van der Waals surface area contributed by atoms with E-state index in [0.29, 0.717) is 12.1 Å². The lowest BCUT2D eigenvalue weighted by Crippen LogP contribution is -2.56. The quantitative estimate of drug-likeness (QED) is 0.646. The standard InChI is InChI=1S/C26H28N2O4/c1-3-18-15-16-26(4-2,31-17-18)23-21-22(32-28(23)20-13-9-6-10-14-20)25(30)27(24(21)29)19-11-7-5-8-12-19/h5-14,17,21-23H,3-4,15-16H2,1-2H3/t21-,22-,23+,26+/m1/s1. The number of ether oxygens (including phenoxy) is 1. The van der Waals surface area contributed by atoms with Crippen LogP contribution in [0.25, 0.3) is 0 Å². The van der Waals surface area contributed by atoms with Gasteiger partial charge in [0.05, 0.1) is 17.6 Å². The van der Waals surface area contributed by atoms with Crippen molar-refractivity contribution in [2.24, 2.45) is 5.92 Å². The molecule has 4 atom stereocenters. The predicted molar refractivity (Wildman–Crippen MR) is 122 cm³/mol. The van der Waals surface area contributed by atoms with Crippen molar-refractivity contribution in [3.05, 3.63) is 72.5 Å². The average Bonchev–Trinajstić information content (AvgIpc) is 3.36. The number of para-hydroxylation sites is 2. The van der Waals surface area contributed by atoms with E-state index in [-0.39, 0.29) is 11.8 Å². The molecule has 0 spiro atoms. The van der Waals surface area contributed by atoms with Crippen LogP contribution in [0.1, 0.15) is 39.5 Å². The van der Waals surface area contributed by atoms with E-state index in [1.807, 2.05) is 54.8 Å². The summed E-state index contributed by atoms with van der Waals surface area (Å²) in [5.41, 5.74) is 2.03. The van der Waals surface area contributed by atoms with Gasteiger partial charge in [-0.15, -0.1) is 0 Å². The van der Waals surface area contributed by atoms with E-state index in [1.165, 1.54) is 10.5 Å². The molecule has 2 fully saturated rings. The summed E-state index contributed by atoms with van der Waals surface area (Å²) < 4.78 is 6.42. The molecule has 2 saturated heterocycles. The normalized spacial score (nSPS) is 29.7. The Morgan fingerprint density at radius 3 is 2.16 bits per heavy atom. The van der Waals surface area contributed by atoms with Crippen LogP contribution < -0.4 is 9.96 Å². The van der Waals surface area contributed by atoms with Crippen LogP contribution in [-0.4, -0.2) is 29.6 Å². The van der Waals surface area contributed by atoms with Crippen molar-refractivity contribution in [2.75, 3.05) is 9.96 Å². The molecule has 3 aliphatic heterocycles. The molecule has 2 aromatic carbocycles. The zero-order chi connectivity index (χ0) is 22.3. The second kappa shape index (κ2) is 8.10. The third-order valence-electron chi connectivity index (χ3n) is 7.06. The van der Waals surface area contributed by atoms with Gasteiger partial charge in [0.1, 0.15) is 17.6 Å². The van der Waals surface area contributed by atoms with Crippen LogP contribution in [0.3, 0.4) is 0 Å². The molecule has 0 N–H and O–H groups in total. The SMILES string of the molecule is CCC1=CO[C@](CC)([C@@H]2[C@@H]3C(=O)N(c4ccccc4)C(=O)[C@@H]3ON2c2ccccc2)CC1. The number of carbonyl (C=O) groups is 2. The van der Waals surface area contributed by atoms with Crippen molar-refractivity contribution in [1.82, 2.24) is 0 Å². The van der Waals surface area contributed by atoms with Crippen molar-refractivity contribution >= 4 is 23.2 Å². The number of carbonyl (C=O) groups excluding carboxylic acids is 2. The summed E-state index contributed by atoms with van der Waals surface area (Å²) in [4.78, 5) is 34.7. The van der Waals surface area contributed by atoms with Crippen molar-refractivity contribution in [3.8, 4) is 0 Å². The molecular formula is C26H28N2O4. The van der Waals surface area contributed by atoms with E-state index in [4.69, 9.17) is 9.57 Å². The molecule has 2 aromatic rings. The maximum absolute atomic E-state index is 13.7. The summed E-state index contributed by atoms with van der Waals surface area (Å²) in [5.74, 6) is -1.18. The molecule has 3 heterocycles. The van der Waals surface area contributed by atoms with E-state index in [1.54, 1.807) is 17.2 Å². The first-order valence-corrected chi connectivity index (χ1v) is 11.4. The minimum atomic E-state index is -0.864. The highest BCUT2D eigenvalue weighted by Crippen LogP contribution is 2.48. The van der Waals surface area contributed by atoms with Crippen molar-refractivity contribution < 1.29 is 19.2 Å². The molecule has 0 aliphatic carbocycles. The Kier molecular flexibility index (Phi) is 5.25. The van der Waals surface area contributed by atoms with Gasteiger partial charge < -0.3 is 4.74 Å². The van der Waals surface area contributed by atoms with Crippen LogP contribution in [0.15, 0.2) is 72.5 Å². The second-order valence-electron chi connectivity index (χ2n) is 8.67. The number of hydrogen-bond acceptors (Lipinski definition) is 5. The molecule has 6 heteroatoms. The van der Waals surface area contributed by atoms with Crippen LogP contribution in [-0.2, 0) is 19.2 Å². The van der Waals surface area contributed by atoms with E-state index in [0.717, 1.165) is 24.9 Å². The lowest BCUT2D eigenvalue weighted by atomic mass is 9.76. The number of benzene rings is 2. The zero-order valence-corrected chi connectivity index (χ0v) is 18.4. The van der Waals surface area contributed by atoms with Crippen LogP contribution in [0.5, 0.6) is 0 Å². The van der Waals surface area contributed by atoms with Gasteiger partial charge in [-0.3, -0.25) is 14.4 Å². The molecular weight excluding hydrogens is 404 g/mol. The molecule has 0 bridgehead atoms. The Labute approximate surface area is 188 Å². The minimum Gasteiger partial charge on any atom is -0.493 e. The zero-order valence-electron chi connectivity index (χ0n) is 18.4. The van der Waals surface area contributed by atoms with Crippen molar-refractivity contribution in [2.45, 2.75) is 57.3 Å². The van der Waals surface area contributed by atoms with Crippen molar-refractivity contribution in [3.63, 3.8) is 0 Å². The van der Waals surface area contributed by atoms with Gasteiger partial charge in [-0.25, -0.2) is 9.96 Å². The van der Waals surface area contributed by atoms with Crippen LogP contribution in [0, 0.1) is 5.92 Å². The minimum absolute atomic E-state index is 0.226. The number of fused-ring (bicyclic) bond motifs is 1. The van der Waals surface area contributed by atoms with Gasteiger partial charge in [0.15, 0.2) is 6.10 Å². The third kappa shape index (κ3) is 3.13. The van der Waals surface area contributed by atoms with Gasteiger partial charge in [-0.1, -0.05) is 50.2 Å². The Morgan fingerprint density at radius 1 is 0.938 bits per heavy atom. The number of hydrogen-bond donors (Lipinski definition) is 0. The molecule has 3 aliphatic rings. The molecule has 0 aromatic heterocycles. The first kappa shape index (κ1) is 20.8. The summed E-state index contributed by atoms with van der Waals surface area (Å²) in [6.07, 6.45) is 4.32. The topological polar surface area (TPSA) is 59.1 Å². The van der Waals surface area contributed by atoms with Gasteiger partial charge in [0, 0.05) is 0 Å². The molecule has 0 radical (unpaired) electrons. The van der Waals surface area contributed by atoms with Crippen molar-refractivity contribution in [1.29, 1.82) is 0 Å². The Morgan fingerprint density at radius 2 is 1.59 bits per heavy atom. The molecule has 2 amide bonds. The summed E-state index contributed by atoms with van der Waals surface area (Å²) in [6, 6.07) is 18.3. The Bertz CT molecular complexity index is 1040. The fourth-order valence-corrected chi connectivity index (χ4v) is 5.22. The van der Waals surface area contributed by atoms with Gasteiger partial charge in [0.2, 0.25) is 5.91 Å². The molecule has 0 unspecified atom stereocenters. The van der Waals surface area contributed by atoms with Gasteiger partial charge >= 0.3 is 0 Å².